The molecule has 2 saturated carbocycles. The zero-order valence-electron chi connectivity index (χ0n) is 11.8. The quantitative estimate of drug-likeness (QED) is 0.801. The molecule has 112 valence electrons. The number of nitrogens with zero attached hydrogens (tertiary/aromatic N) is 1. The minimum atomic E-state index is -0.842. The zero-order valence-corrected chi connectivity index (χ0v) is 11.8. The van der Waals surface area contributed by atoms with E-state index in [1.54, 1.807) is 4.90 Å². The second-order valence-corrected chi connectivity index (χ2v) is 6.35. The van der Waals surface area contributed by atoms with Crippen molar-refractivity contribution in [3.05, 3.63) is 0 Å². The molecule has 1 amide bonds. The molecule has 0 aromatic heterocycles. The molecule has 1 saturated heterocycles. The summed E-state index contributed by atoms with van der Waals surface area (Å²) < 4.78 is 5.59. The molecule has 1 unspecified atom stereocenters. The van der Waals surface area contributed by atoms with Gasteiger partial charge in [-0.25, -0.2) is 0 Å². The summed E-state index contributed by atoms with van der Waals surface area (Å²) in [5.41, 5.74) is 0. The van der Waals surface area contributed by atoms with E-state index in [-0.39, 0.29) is 24.3 Å². The minimum absolute atomic E-state index is 0.0283. The number of hydrogen-bond acceptors (Lipinski definition) is 3. The largest absolute Gasteiger partial charge is 0.481 e. The summed E-state index contributed by atoms with van der Waals surface area (Å²) in [6, 6.07) is 0. The lowest BCUT2D eigenvalue weighted by atomic mass is 10.1. The summed E-state index contributed by atoms with van der Waals surface area (Å²) >= 11 is 0. The third kappa shape index (κ3) is 2.82. The van der Waals surface area contributed by atoms with Crippen LogP contribution in [0.3, 0.4) is 0 Å². The predicted octanol–water partition coefficient (Wildman–Crippen LogP) is 1.51. The first-order valence-electron chi connectivity index (χ1n) is 7.79. The highest BCUT2D eigenvalue weighted by atomic mass is 16.5. The van der Waals surface area contributed by atoms with E-state index in [1.807, 2.05) is 0 Å². The first kappa shape index (κ1) is 13.9. The number of carbonyl (C=O) groups excluding carboxylic acids is 1. The van der Waals surface area contributed by atoms with Gasteiger partial charge in [0.05, 0.1) is 12.5 Å². The first-order valence-corrected chi connectivity index (χ1v) is 7.79. The van der Waals surface area contributed by atoms with Crippen molar-refractivity contribution in [2.45, 2.75) is 44.6 Å². The fourth-order valence-electron chi connectivity index (χ4n) is 3.95. The van der Waals surface area contributed by atoms with E-state index in [0.717, 1.165) is 19.4 Å². The van der Waals surface area contributed by atoms with Crippen molar-refractivity contribution in [1.82, 2.24) is 4.90 Å². The van der Waals surface area contributed by atoms with Gasteiger partial charge < -0.3 is 14.7 Å². The molecular weight excluding hydrogens is 258 g/mol. The average molecular weight is 281 g/mol. The number of carboxylic acid groups (broad SMARTS) is 1. The lowest BCUT2D eigenvalue weighted by Crippen LogP contribution is -2.40. The van der Waals surface area contributed by atoms with E-state index in [0.29, 0.717) is 24.9 Å². The van der Waals surface area contributed by atoms with Gasteiger partial charge in [0.25, 0.3) is 0 Å². The van der Waals surface area contributed by atoms with Crippen LogP contribution in [0.25, 0.3) is 0 Å². The fraction of sp³-hybridized carbons (Fsp3) is 0.867. The fourth-order valence-corrected chi connectivity index (χ4v) is 3.95. The Labute approximate surface area is 119 Å². The van der Waals surface area contributed by atoms with Crippen molar-refractivity contribution in [2.24, 2.45) is 17.8 Å². The normalized spacial score (nSPS) is 34.8. The van der Waals surface area contributed by atoms with Crippen LogP contribution in [0.4, 0.5) is 0 Å². The molecule has 2 aliphatic carbocycles. The lowest BCUT2D eigenvalue weighted by Gasteiger charge is -2.25. The van der Waals surface area contributed by atoms with Crippen molar-refractivity contribution < 1.29 is 19.4 Å². The summed E-state index contributed by atoms with van der Waals surface area (Å²) in [5, 5.41) is 8.85. The third-order valence-electron chi connectivity index (χ3n) is 5.05. The van der Waals surface area contributed by atoms with E-state index in [1.165, 1.54) is 19.3 Å². The van der Waals surface area contributed by atoms with E-state index in [9.17, 15) is 9.59 Å². The number of carbonyl (C=O) groups is 2. The monoisotopic (exact) mass is 281 g/mol. The molecule has 5 nitrogen and oxygen atoms in total. The molecule has 3 rings (SSSR count). The molecule has 0 radical (unpaired) electrons. The van der Waals surface area contributed by atoms with Gasteiger partial charge in [0.1, 0.15) is 0 Å². The average Bonchev–Trinajstić information content (AvgIpc) is 2.86. The number of carboxylic acids is 1. The molecule has 0 aromatic carbocycles. The van der Waals surface area contributed by atoms with Crippen molar-refractivity contribution in [2.75, 3.05) is 19.7 Å². The highest BCUT2D eigenvalue weighted by Crippen LogP contribution is 2.58. The molecule has 0 spiro atoms. The maximum absolute atomic E-state index is 12.6. The predicted molar refractivity (Wildman–Crippen MR) is 72.1 cm³/mol. The lowest BCUT2D eigenvalue weighted by molar-refractivity contribution is -0.139. The smallest absolute Gasteiger partial charge is 0.305 e. The number of amides is 1. The maximum Gasteiger partial charge on any atom is 0.305 e. The van der Waals surface area contributed by atoms with Gasteiger partial charge in [0.2, 0.25) is 5.91 Å². The van der Waals surface area contributed by atoms with Crippen molar-refractivity contribution in [3.63, 3.8) is 0 Å². The molecule has 0 bridgehead atoms. The van der Waals surface area contributed by atoms with Crippen LogP contribution in [0.5, 0.6) is 0 Å². The van der Waals surface area contributed by atoms with E-state index < -0.39 is 5.97 Å². The zero-order chi connectivity index (χ0) is 14.1. The summed E-state index contributed by atoms with van der Waals surface area (Å²) in [6.07, 6.45) is 5.75. The summed E-state index contributed by atoms with van der Waals surface area (Å²) in [4.78, 5) is 25.1. The molecule has 3 aliphatic rings. The van der Waals surface area contributed by atoms with Gasteiger partial charge in [0, 0.05) is 25.6 Å². The van der Waals surface area contributed by atoms with Gasteiger partial charge in [-0.15, -0.1) is 0 Å². The van der Waals surface area contributed by atoms with Crippen molar-refractivity contribution >= 4 is 11.9 Å². The topological polar surface area (TPSA) is 66.8 Å². The van der Waals surface area contributed by atoms with Crippen molar-refractivity contribution in [1.29, 1.82) is 0 Å². The maximum atomic E-state index is 12.6. The van der Waals surface area contributed by atoms with Gasteiger partial charge in [-0.05, 0) is 37.5 Å². The Morgan fingerprint density at radius 3 is 2.50 bits per heavy atom. The third-order valence-corrected chi connectivity index (χ3v) is 5.05. The van der Waals surface area contributed by atoms with Gasteiger partial charge in [0.15, 0.2) is 0 Å². The summed E-state index contributed by atoms with van der Waals surface area (Å²) in [7, 11) is 0. The van der Waals surface area contributed by atoms with Crippen LogP contribution in [0, 0.1) is 17.8 Å². The van der Waals surface area contributed by atoms with Gasteiger partial charge in [-0.2, -0.15) is 0 Å². The van der Waals surface area contributed by atoms with E-state index >= 15 is 0 Å². The Balaban J connectivity index is 1.58. The molecule has 3 fully saturated rings. The van der Waals surface area contributed by atoms with Crippen LogP contribution in [0.15, 0.2) is 0 Å². The Hall–Kier alpha value is -1.10. The van der Waals surface area contributed by atoms with Crippen molar-refractivity contribution in [3.8, 4) is 0 Å². The van der Waals surface area contributed by atoms with Gasteiger partial charge >= 0.3 is 5.97 Å². The SMILES string of the molecule is O=C(O)CCN(C[C@@H]1CCCO1)C(=O)C1[C@H]2CCC[C@@H]12. The molecule has 5 heteroatoms. The number of hydrogen-bond donors (Lipinski definition) is 1. The second kappa shape index (κ2) is 5.72. The summed E-state index contributed by atoms with van der Waals surface area (Å²) in [5.74, 6) is 0.681. The standard InChI is InChI=1S/C15H23NO4/c17-13(18)6-7-16(9-10-3-2-8-20-10)15(19)14-11-4-1-5-12(11)14/h10-12,14H,1-9H2,(H,17,18)/t10-,11-,12+,14?/m0/s1. The Morgan fingerprint density at radius 1 is 1.15 bits per heavy atom. The number of fused-ring (bicyclic) bond motifs is 1. The van der Waals surface area contributed by atoms with E-state index in [4.69, 9.17) is 9.84 Å². The molecule has 20 heavy (non-hydrogen) atoms. The van der Waals surface area contributed by atoms with Crippen LogP contribution >= 0.6 is 0 Å². The van der Waals surface area contributed by atoms with Crippen LogP contribution in [0.2, 0.25) is 0 Å². The molecule has 1 N–H and O–H groups in total. The number of aliphatic carboxylic acids is 1. The highest BCUT2D eigenvalue weighted by Gasteiger charge is 2.57. The Morgan fingerprint density at radius 2 is 1.90 bits per heavy atom. The molecule has 1 aliphatic heterocycles. The minimum Gasteiger partial charge on any atom is -0.481 e. The van der Waals surface area contributed by atoms with Crippen LogP contribution < -0.4 is 0 Å². The second-order valence-electron chi connectivity index (χ2n) is 6.35. The number of ether oxygens (including phenoxy) is 1. The summed E-state index contributed by atoms with van der Waals surface area (Å²) in [6.45, 7) is 1.66. The van der Waals surface area contributed by atoms with E-state index in [2.05, 4.69) is 0 Å². The Bertz CT molecular complexity index is 381. The van der Waals surface area contributed by atoms with Crippen LogP contribution in [0.1, 0.15) is 38.5 Å². The number of rotatable bonds is 6. The Kier molecular flexibility index (Phi) is 3.96. The van der Waals surface area contributed by atoms with Crippen LogP contribution in [-0.4, -0.2) is 47.7 Å². The molecule has 0 aromatic rings. The molecular formula is C15H23NO4. The van der Waals surface area contributed by atoms with Crippen LogP contribution in [-0.2, 0) is 14.3 Å². The highest BCUT2D eigenvalue weighted by molar-refractivity contribution is 5.83. The first-order chi connectivity index (χ1) is 9.66. The van der Waals surface area contributed by atoms with Gasteiger partial charge in [-0.3, -0.25) is 9.59 Å². The molecule has 4 atom stereocenters. The molecule has 1 heterocycles. The van der Waals surface area contributed by atoms with Gasteiger partial charge in [-0.1, -0.05) is 6.42 Å².